The van der Waals surface area contributed by atoms with Gasteiger partial charge in [0.05, 0.1) is 16.7 Å². The third-order valence-electron chi connectivity index (χ3n) is 4.62. The summed E-state index contributed by atoms with van der Waals surface area (Å²) < 4.78 is 38.4. The predicted molar refractivity (Wildman–Crippen MR) is 83.9 cm³/mol. The molecule has 1 aromatic heterocycles. The second-order valence-electron chi connectivity index (χ2n) is 6.83. The van der Waals surface area contributed by atoms with Crippen LogP contribution in [0.3, 0.4) is 0 Å². The van der Waals surface area contributed by atoms with Crippen LogP contribution in [0, 0.1) is 0 Å². The Hall–Kier alpha value is -1.54. The summed E-state index contributed by atoms with van der Waals surface area (Å²) in [5, 5.41) is 7.95. The normalized spacial score (nSPS) is 19.9. The minimum atomic E-state index is -2.36. The molecular weight excluding hydrogens is 303 g/mol. The number of halogens is 2. The molecular formula is C15H20BF2N3O2. The van der Waals surface area contributed by atoms with Crippen LogP contribution in [-0.4, -0.2) is 39.7 Å². The number of benzene rings is 1. The second-order valence-corrected chi connectivity index (χ2v) is 6.83. The van der Waals surface area contributed by atoms with Gasteiger partial charge in [0.15, 0.2) is 0 Å². The van der Waals surface area contributed by atoms with Crippen molar-refractivity contribution in [2.45, 2.75) is 58.3 Å². The molecule has 0 bridgehead atoms. The zero-order valence-corrected chi connectivity index (χ0v) is 13.7. The summed E-state index contributed by atoms with van der Waals surface area (Å²) in [5.41, 5.74) is 1.34. The van der Waals surface area contributed by atoms with Gasteiger partial charge in [-0.25, -0.2) is 13.5 Å². The van der Waals surface area contributed by atoms with Crippen LogP contribution in [0.1, 0.15) is 34.1 Å². The van der Waals surface area contributed by atoms with Crippen LogP contribution in [0.25, 0.3) is 11.0 Å². The highest BCUT2D eigenvalue weighted by Crippen LogP contribution is 2.36. The average molecular weight is 323 g/mol. The molecule has 1 saturated heterocycles. The monoisotopic (exact) mass is 323 g/mol. The van der Waals surface area contributed by atoms with Crippen LogP contribution in [0.4, 0.5) is 8.78 Å². The van der Waals surface area contributed by atoms with E-state index in [2.05, 4.69) is 10.3 Å². The van der Waals surface area contributed by atoms with Crippen LogP contribution in [0.5, 0.6) is 0 Å². The first-order valence-electron chi connectivity index (χ1n) is 7.66. The van der Waals surface area contributed by atoms with E-state index in [1.807, 2.05) is 45.9 Å². The summed E-state index contributed by atoms with van der Waals surface area (Å²) in [6, 6.07) is 5.53. The number of hydrogen-bond acceptors (Lipinski definition) is 4. The zero-order chi connectivity index (χ0) is 16.8. The molecule has 0 N–H and O–H groups in total. The van der Waals surface area contributed by atoms with Crippen molar-refractivity contribution >= 4 is 23.6 Å². The highest BCUT2D eigenvalue weighted by atomic mass is 19.3. The summed E-state index contributed by atoms with van der Waals surface area (Å²) >= 11 is 0. The fraction of sp³-hybridized carbons (Fsp3) is 0.600. The van der Waals surface area contributed by atoms with Crippen molar-refractivity contribution in [3.63, 3.8) is 0 Å². The molecule has 0 aliphatic carbocycles. The molecule has 0 amide bonds. The zero-order valence-electron chi connectivity index (χ0n) is 13.7. The lowest BCUT2D eigenvalue weighted by Crippen LogP contribution is -2.41. The Morgan fingerprint density at radius 2 is 1.83 bits per heavy atom. The molecule has 1 fully saturated rings. The molecule has 3 rings (SSSR count). The summed E-state index contributed by atoms with van der Waals surface area (Å²) in [7, 11) is -0.497. The number of aromatic nitrogens is 3. The van der Waals surface area contributed by atoms with E-state index in [1.165, 1.54) is 4.68 Å². The molecule has 1 aliphatic rings. The van der Waals surface area contributed by atoms with E-state index >= 15 is 0 Å². The third kappa shape index (κ3) is 2.97. The van der Waals surface area contributed by atoms with Crippen molar-refractivity contribution in [1.29, 1.82) is 0 Å². The van der Waals surface area contributed by atoms with Crippen LogP contribution < -0.4 is 5.46 Å². The molecule has 1 aliphatic heterocycles. The van der Waals surface area contributed by atoms with E-state index in [-0.39, 0.29) is 13.0 Å². The van der Waals surface area contributed by atoms with Crippen LogP contribution in [0.15, 0.2) is 18.2 Å². The summed E-state index contributed by atoms with van der Waals surface area (Å²) in [6.07, 6.45) is -2.61. The lowest BCUT2D eigenvalue weighted by atomic mass is 9.79. The Morgan fingerprint density at radius 3 is 2.43 bits per heavy atom. The number of aryl methyl sites for hydroxylation is 1. The van der Waals surface area contributed by atoms with Crippen molar-refractivity contribution in [3.8, 4) is 0 Å². The van der Waals surface area contributed by atoms with Crippen molar-refractivity contribution in [1.82, 2.24) is 15.0 Å². The van der Waals surface area contributed by atoms with E-state index < -0.39 is 24.7 Å². The lowest BCUT2D eigenvalue weighted by molar-refractivity contribution is 0.00578. The molecule has 0 spiro atoms. The van der Waals surface area contributed by atoms with Crippen molar-refractivity contribution in [2.75, 3.05) is 0 Å². The topological polar surface area (TPSA) is 49.2 Å². The lowest BCUT2D eigenvalue weighted by Gasteiger charge is -2.32. The first-order chi connectivity index (χ1) is 10.7. The van der Waals surface area contributed by atoms with Crippen molar-refractivity contribution in [2.24, 2.45) is 0 Å². The standard InChI is InChI=1S/C15H20BF2N3O2/c1-14(2)15(3,4)23-16(22-14)10-5-6-11-12(9-10)21(20-19-11)8-7-13(17)18/h5-6,9,13H,7-8H2,1-4H3. The molecule has 2 heterocycles. The molecule has 124 valence electrons. The number of fused-ring (bicyclic) bond motifs is 1. The van der Waals surface area contributed by atoms with E-state index in [4.69, 9.17) is 9.31 Å². The number of alkyl halides is 2. The van der Waals surface area contributed by atoms with Gasteiger partial charge in [0.1, 0.15) is 5.52 Å². The Bertz CT molecular complexity index is 702. The smallest absolute Gasteiger partial charge is 0.399 e. The van der Waals surface area contributed by atoms with E-state index in [0.717, 1.165) is 5.46 Å². The summed E-state index contributed by atoms with van der Waals surface area (Å²) in [4.78, 5) is 0. The van der Waals surface area contributed by atoms with Crippen LogP contribution in [-0.2, 0) is 15.9 Å². The fourth-order valence-corrected chi connectivity index (χ4v) is 2.49. The number of rotatable bonds is 4. The van der Waals surface area contributed by atoms with Gasteiger partial charge in [-0.3, -0.25) is 0 Å². The molecule has 0 radical (unpaired) electrons. The molecule has 0 atom stereocenters. The van der Waals surface area contributed by atoms with Gasteiger partial charge in [-0.2, -0.15) is 0 Å². The molecule has 8 heteroatoms. The maximum absolute atomic E-state index is 12.4. The average Bonchev–Trinajstić information content (AvgIpc) is 2.94. The largest absolute Gasteiger partial charge is 0.494 e. The van der Waals surface area contributed by atoms with Gasteiger partial charge in [-0.1, -0.05) is 11.3 Å². The fourth-order valence-electron chi connectivity index (χ4n) is 2.49. The van der Waals surface area contributed by atoms with Gasteiger partial charge in [0, 0.05) is 13.0 Å². The second kappa shape index (κ2) is 5.52. The number of hydrogen-bond donors (Lipinski definition) is 0. The summed E-state index contributed by atoms with van der Waals surface area (Å²) in [6.45, 7) is 8.07. The van der Waals surface area contributed by atoms with E-state index in [9.17, 15) is 8.78 Å². The van der Waals surface area contributed by atoms with Gasteiger partial charge in [-0.15, -0.1) is 5.10 Å². The molecule has 23 heavy (non-hydrogen) atoms. The molecule has 5 nitrogen and oxygen atoms in total. The minimum absolute atomic E-state index is 0.126. The first-order valence-corrected chi connectivity index (χ1v) is 7.66. The SMILES string of the molecule is CC1(C)OB(c2ccc3nnn(CCC(F)F)c3c2)OC1(C)C. The van der Waals surface area contributed by atoms with Gasteiger partial charge < -0.3 is 9.31 Å². The number of nitrogens with zero attached hydrogens (tertiary/aromatic N) is 3. The molecule has 1 aromatic carbocycles. The van der Waals surface area contributed by atoms with Crippen LogP contribution >= 0.6 is 0 Å². The van der Waals surface area contributed by atoms with E-state index in [1.54, 1.807) is 0 Å². The Morgan fingerprint density at radius 1 is 1.17 bits per heavy atom. The molecule has 2 aromatic rings. The predicted octanol–water partition coefficient (Wildman–Crippen LogP) is 2.39. The third-order valence-corrected chi connectivity index (χ3v) is 4.62. The minimum Gasteiger partial charge on any atom is -0.399 e. The van der Waals surface area contributed by atoms with Crippen LogP contribution in [0.2, 0.25) is 0 Å². The Balaban J connectivity index is 1.90. The maximum atomic E-state index is 12.4. The highest BCUT2D eigenvalue weighted by molar-refractivity contribution is 6.62. The van der Waals surface area contributed by atoms with Gasteiger partial charge in [0.2, 0.25) is 6.43 Å². The first kappa shape index (κ1) is 16.3. The Kier molecular flexibility index (Phi) is 3.92. The maximum Gasteiger partial charge on any atom is 0.494 e. The van der Waals surface area contributed by atoms with Gasteiger partial charge in [0.25, 0.3) is 0 Å². The van der Waals surface area contributed by atoms with E-state index in [0.29, 0.717) is 11.0 Å². The van der Waals surface area contributed by atoms with Crippen molar-refractivity contribution < 1.29 is 18.1 Å². The molecule has 0 unspecified atom stereocenters. The summed E-state index contributed by atoms with van der Waals surface area (Å²) in [5.74, 6) is 0. The Labute approximate surface area is 134 Å². The van der Waals surface area contributed by atoms with Gasteiger partial charge in [-0.05, 0) is 45.3 Å². The quantitative estimate of drug-likeness (QED) is 0.811. The molecule has 0 saturated carbocycles. The highest BCUT2D eigenvalue weighted by Gasteiger charge is 2.51. The van der Waals surface area contributed by atoms with Crippen molar-refractivity contribution in [3.05, 3.63) is 18.2 Å². The van der Waals surface area contributed by atoms with Gasteiger partial charge >= 0.3 is 7.12 Å².